The Morgan fingerprint density at radius 3 is 2.33 bits per heavy atom. The van der Waals surface area contributed by atoms with E-state index in [0.29, 0.717) is 32.3 Å². The van der Waals surface area contributed by atoms with Crippen LogP contribution in [0.1, 0.15) is 32.8 Å². The van der Waals surface area contributed by atoms with Gasteiger partial charge in [-0.05, 0) is 63.6 Å². The molecule has 1 saturated heterocycles. The highest BCUT2D eigenvalue weighted by Crippen LogP contribution is 2.48. The third kappa shape index (κ3) is 10.2. The van der Waals surface area contributed by atoms with Gasteiger partial charge in [0.05, 0.1) is 19.4 Å². The first-order valence-corrected chi connectivity index (χ1v) is 13.6. The van der Waals surface area contributed by atoms with Crippen molar-refractivity contribution in [2.24, 2.45) is 4.99 Å². The van der Waals surface area contributed by atoms with Gasteiger partial charge in [-0.1, -0.05) is 36.4 Å². The summed E-state index contributed by atoms with van der Waals surface area (Å²) in [6, 6.07) is 8.74. The molecule has 1 fully saturated rings. The average Bonchev–Trinajstić information content (AvgIpc) is 2.81. The van der Waals surface area contributed by atoms with Gasteiger partial charge in [-0.3, -0.25) is 9.56 Å². The van der Waals surface area contributed by atoms with Crippen molar-refractivity contribution in [2.75, 3.05) is 64.0 Å². The molecule has 0 radical (unpaired) electrons. The van der Waals surface area contributed by atoms with Gasteiger partial charge in [0.25, 0.3) is 0 Å². The van der Waals surface area contributed by atoms with Crippen LogP contribution in [-0.4, -0.2) is 70.3 Å². The Morgan fingerprint density at radius 1 is 1.06 bits per heavy atom. The Morgan fingerprint density at radius 2 is 1.73 bits per heavy atom. The molecule has 0 bridgehead atoms. The fraction of sp³-hybridized carbons (Fsp3) is 0.500. The smallest absolute Gasteiger partial charge is 0.330 e. The van der Waals surface area contributed by atoms with E-state index < -0.39 is 7.60 Å². The monoisotopic (exact) mass is 473 g/mol. The predicted molar refractivity (Wildman–Crippen MR) is 142 cm³/mol. The number of hydrogen-bond acceptors (Lipinski definition) is 6. The number of likely N-dealkylation sites (N-methyl/N-ethyl adjacent to an activating group) is 1. The molecule has 0 atom stereocenters. The van der Waals surface area contributed by atoms with E-state index >= 15 is 0 Å². The van der Waals surface area contributed by atoms with Gasteiger partial charge in [0.2, 0.25) is 0 Å². The lowest BCUT2D eigenvalue weighted by molar-refractivity contribution is 0.220. The van der Waals surface area contributed by atoms with Crippen molar-refractivity contribution in [3.63, 3.8) is 0 Å². The molecule has 1 aliphatic rings. The summed E-state index contributed by atoms with van der Waals surface area (Å²) in [4.78, 5) is 9.24. The highest BCUT2D eigenvalue weighted by atomic mass is 31.2. The summed E-state index contributed by atoms with van der Waals surface area (Å²) in [5.74, 6) is 0. The molecule has 0 unspecified atom stereocenters. The first-order valence-electron chi connectivity index (χ1n) is 11.9. The van der Waals surface area contributed by atoms with E-state index in [9.17, 15) is 4.57 Å². The molecule has 1 aromatic rings. The van der Waals surface area contributed by atoms with E-state index in [-0.39, 0.29) is 0 Å². The lowest BCUT2D eigenvalue weighted by Gasteiger charge is -2.34. The van der Waals surface area contributed by atoms with Crippen molar-refractivity contribution in [2.45, 2.75) is 27.2 Å². The minimum atomic E-state index is -2.97. The normalized spacial score (nSPS) is 16.6. The summed E-state index contributed by atoms with van der Waals surface area (Å²) in [5, 5.41) is 0. The van der Waals surface area contributed by atoms with Crippen LogP contribution >= 0.6 is 7.60 Å². The third-order valence-electron chi connectivity index (χ3n) is 5.33. The number of allylic oxidation sites excluding steroid dienone is 5. The SMILES string of the molecule is C\C=C/C(C=Cc1ccc(N2CCN(C)CC2)cc1)=C\C=N\CCCP(=O)(OCC)OCC. The van der Waals surface area contributed by atoms with E-state index in [1.54, 1.807) is 0 Å². The first-order chi connectivity index (χ1) is 16.0. The lowest BCUT2D eigenvalue weighted by atomic mass is 10.1. The van der Waals surface area contributed by atoms with Crippen LogP contribution in [0.3, 0.4) is 0 Å². The molecule has 0 amide bonds. The van der Waals surface area contributed by atoms with Crippen LogP contribution in [0.25, 0.3) is 6.08 Å². The molecular formula is C26H40N3O3P. The van der Waals surface area contributed by atoms with Crippen LogP contribution in [0.2, 0.25) is 0 Å². The highest BCUT2D eigenvalue weighted by Gasteiger charge is 2.22. The molecule has 2 rings (SSSR count). The quantitative estimate of drug-likeness (QED) is 0.160. The van der Waals surface area contributed by atoms with Crippen LogP contribution in [0, 0.1) is 0 Å². The van der Waals surface area contributed by atoms with Crippen LogP contribution in [0.5, 0.6) is 0 Å². The van der Waals surface area contributed by atoms with Crippen molar-refractivity contribution in [3.05, 3.63) is 59.7 Å². The Labute approximate surface area is 200 Å². The summed E-state index contributed by atoms with van der Waals surface area (Å²) in [6.07, 6.45) is 13.1. The van der Waals surface area contributed by atoms with Gasteiger partial charge in [0.1, 0.15) is 0 Å². The van der Waals surface area contributed by atoms with Gasteiger partial charge >= 0.3 is 7.60 Å². The Hall–Kier alpha value is -1.98. The maximum atomic E-state index is 12.5. The number of piperazine rings is 1. The van der Waals surface area contributed by atoms with Crippen LogP contribution in [0.4, 0.5) is 5.69 Å². The zero-order valence-electron chi connectivity index (χ0n) is 20.7. The van der Waals surface area contributed by atoms with E-state index in [0.717, 1.165) is 31.8 Å². The number of benzene rings is 1. The molecule has 1 aromatic carbocycles. The first kappa shape index (κ1) is 27.3. The van der Waals surface area contributed by atoms with Crippen molar-refractivity contribution in [1.29, 1.82) is 0 Å². The van der Waals surface area contributed by atoms with Crippen molar-refractivity contribution < 1.29 is 13.6 Å². The molecule has 1 heterocycles. The van der Waals surface area contributed by atoms with Gasteiger partial charge in [-0.25, -0.2) is 0 Å². The van der Waals surface area contributed by atoms with E-state index in [1.807, 2.05) is 39.1 Å². The average molecular weight is 474 g/mol. The Kier molecular flexibility index (Phi) is 12.4. The molecule has 0 aliphatic carbocycles. The molecule has 7 heteroatoms. The molecule has 1 aliphatic heterocycles. The maximum Gasteiger partial charge on any atom is 0.330 e. The van der Waals surface area contributed by atoms with Crippen LogP contribution < -0.4 is 4.90 Å². The Balaban J connectivity index is 1.88. The minimum Gasteiger partial charge on any atom is -0.369 e. The van der Waals surface area contributed by atoms with Crippen molar-refractivity contribution in [3.8, 4) is 0 Å². The molecule has 6 nitrogen and oxygen atoms in total. The lowest BCUT2D eigenvalue weighted by Crippen LogP contribution is -2.44. The van der Waals surface area contributed by atoms with Gasteiger partial charge in [-0.2, -0.15) is 0 Å². The predicted octanol–water partition coefficient (Wildman–Crippen LogP) is 5.68. The zero-order valence-corrected chi connectivity index (χ0v) is 21.5. The second kappa shape index (κ2) is 15.0. The largest absolute Gasteiger partial charge is 0.369 e. The van der Waals surface area contributed by atoms with Crippen LogP contribution in [-0.2, 0) is 13.6 Å². The molecule has 0 spiro atoms. The van der Waals surface area contributed by atoms with E-state index in [1.165, 1.54) is 11.3 Å². The summed E-state index contributed by atoms with van der Waals surface area (Å²) < 4.78 is 23.1. The second-order valence-corrected chi connectivity index (χ2v) is 10.1. The van der Waals surface area contributed by atoms with Gasteiger partial charge < -0.3 is 18.8 Å². The second-order valence-electron chi connectivity index (χ2n) is 7.96. The third-order valence-corrected chi connectivity index (χ3v) is 7.50. The Bertz CT molecular complexity index is 844. The molecule has 182 valence electrons. The summed E-state index contributed by atoms with van der Waals surface area (Å²) in [7, 11) is -0.799. The van der Waals surface area contributed by atoms with Crippen molar-refractivity contribution in [1.82, 2.24) is 4.90 Å². The standard InChI is InChI=1S/C26H40N3O3P/c1-5-9-24(16-18-27-17-8-23-33(30,31-6-2)32-7-3)10-11-25-12-14-26(15-13-25)29-21-19-28(4)20-22-29/h5,9-16,18H,6-8,17,19-23H2,1-4H3/b9-5-,11-10?,24-16+,27-18+. The fourth-order valence-electron chi connectivity index (χ4n) is 3.54. The molecule has 0 N–H and O–H groups in total. The van der Waals surface area contributed by atoms with Crippen LogP contribution in [0.15, 0.2) is 59.1 Å². The summed E-state index contributed by atoms with van der Waals surface area (Å²) >= 11 is 0. The molecule has 0 saturated carbocycles. The number of anilines is 1. The number of nitrogens with zero attached hydrogens (tertiary/aromatic N) is 3. The number of hydrogen-bond donors (Lipinski definition) is 0. The van der Waals surface area contributed by atoms with E-state index in [4.69, 9.17) is 9.05 Å². The topological polar surface area (TPSA) is 54.4 Å². The number of aliphatic imine (C=N–C) groups is 1. The maximum absolute atomic E-state index is 12.5. The fourth-order valence-corrected chi connectivity index (χ4v) is 5.19. The van der Waals surface area contributed by atoms with Gasteiger partial charge in [-0.15, -0.1) is 0 Å². The van der Waals surface area contributed by atoms with E-state index in [2.05, 4.69) is 64.3 Å². The molecule has 0 aromatic heterocycles. The minimum absolute atomic E-state index is 0.390. The van der Waals surface area contributed by atoms with Gasteiger partial charge in [0, 0.05) is 44.6 Å². The summed E-state index contributed by atoms with van der Waals surface area (Å²) in [5.41, 5.74) is 3.52. The summed E-state index contributed by atoms with van der Waals surface area (Å²) in [6.45, 7) is 11.4. The number of rotatable bonds is 13. The molecular weight excluding hydrogens is 433 g/mol. The highest BCUT2D eigenvalue weighted by molar-refractivity contribution is 7.53. The van der Waals surface area contributed by atoms with Crippen molar-refractivity contribution >= 4 is 25.6 Å². The van der Waals surface area contributed by atoms with Gasteiger partial charge in [0.15, 0.2) is 0 Å². The molecule has 33 heavy (non-hydrogen) atoms. The zero-order chi connectivity index (χ0) is 23.9.